The minimum absolute atomic E-state index is 0.0429. The van der Waals surface area contributed by atoms with Crippen LogP contribution in [0.15, 0.2) is 24.3 Å². The molecule has 0 spiro atoms. The van der Waals surface area contributed by atoms with Crippen molar-refractivity contribution in [2.75, 3.05) is 25.9 Å². The van der Waals surface area contributed by atoms with Gasteiger partial charge in [0, 0.05) is 18.8 Å². The van der Waals surface area contributed by atoms with Crippen LogP contribution in [0.2, 0.25) is 0 Å². The Bertz CT molecular complexity index is 612. The summed E-state index contributed by atoms with van der Waals surface area (Å²) in [5.41, 5.74) is 6.86. The zero-order valence-corrected chi connectivity index (χ0v) is 13.0. The number of ether oxygens (including phenoxy) is 1. The van der Waals surface area contributed by atoms with Crippen molar-refractivity contribution in [1.29, 1.82) is 0 Å². The molecule has 1 fully saturated rings. The van der Waals surface area contributed by atoms with Crippen LogP contribution in [0.25, 0.3) is 0 Å². The van der Waals surface area contributed by atoms with E-state index in [2.05, 4.69) is 0 Å². The summed E-state index contributed by atoms with van der Waals surface area (Å²) in [4.78, 5) is 11.6. The lowest BCUT2D eigenvalue weighted by molar-refractivity contribution is -0.145. The van der Waals surface area contributed by atoms with Gasteiger partial charge in [-0.05, 0) is 23.6 Å². The predicted molar refractivity (Wildman–Crippen MR) is 79.7 cm³/mol. The fourth-order valence-electron chi connectivity index (χ4n) is 2.52. The summed E-state index contributed by atoms with van der Waals surface area (Å²) in [7, 11) is -2.13. The van der Waals surface area contributed by atoms with Crippen molar-refractivity contribution >= 4 is 21.7 Å². The van der Waals surface area contributed by atoms with Crippen LogP contribution < -0.4 is 5.73 Å². The van der Waals surface area contributed by atoms with Gasteiger partial charge in [0.1, 0.15) is 0 Å². The van der Waals surface area contributed by atoms with Crippen molar-refractivity contribution in [3.63, 3.8) is 0 Å². The molecule has 6 nitrogen and oxygen atoms in total. The zero-order chi connectivity index (χ0) is 15.6. The largest absolute Gasteiger partial charge is 0.469 e. The van der Waals surface area contributed by atoms with Gasteiger partial charge in [-0.25, -0.2) is 12.7 Å². The fraction of sp³-hybridized carbons (Fsp3) is 0.500. The number of carbonyl (C=O) groups is 1. The Labute approximate surface area is 124 Å². The monoisotopic (exact) mass is 312 g/mol. The van der Waals surface area contributed by atoms with Crippen LogP contribution in [-0.2, 0) is 25.3 Å². The lowest BCUT2D eigenvalue weighted by Crippen LogP contribution is -2.31. The average molecular weight is 312 g/mol. The van der Waals surface area contributed by atoms with Gasteiger partial charge < -0.3 is 10.5 Å². The average Bonchev–Trinajstić information content (AvgIpc) is 2.83. The van der Waals surface area contributed by atoms with Gasteiger partial charge in [-0.15, -0.1) is 0 Å². The minimum atomic E-state index is -3.45. The third kappa shape index (κ3) is 3.54. The summed E-state index contributed by atoms with van der Waals surface area (Å²) < 4.78 is 31.0. The minimum Gasteiger partial charge on any atom is -0.469 e. The molecule has 0 aromatic heterocycles. The van der Waals surface area contributed by atoms with E-state index in [4.69, 9.17) is 10.5 Å². The molecule has 0 bridgehead atoms. The van der Waals surface area contributed by atoms with Crippen LogP contribution >= 0.6 is 0 Å². The Morgan fingerprint density at radius 1 is 1.33 bits per heavy atom. The van der Waals surface area contributed by atoms with Gasteiger partial charge in [0.25, 0.3) is 0 Å². The lowest BCUT2D eigenvalue weighted by atomic mass is 9.99. The maximum atomic E-state index is 12.4. The summed E-state index contributed by atoms with van der Waals surface area (Å²) >= 11 is 0. The van der Waals surface area contributed by atoms with Crippen molar-refractivity contribution in [3.05, 3.63) is 29.8 Å². The Hall–Kier alpha value is -1.60. The molecule has 21 heavy (non-hydrogen) atoms. The summed E-state index contributed by atoms with van der Waals surface area (Å²) in [5.74, 6) is -0.879. The third-order valence-corrected chi connectivity index (χ3v) is 5.59. The molecule has 1 heterocycles. The van der Waals surface area contributed by atoms with Gasteiger partial charge in [0.15, 0.2) is 0 Å². The van der Waals surface area contributed by atoms with Crippen LogP contribution in [0, 0.1) is 11.8 Å². The molecular formula is C14H20N2O4S. The number of hydrogen-bond acceptors (Lipinski definition) is 5. The maximum absolute atomic E-state index is 12.4. The molecule has 2 rings (SSSR count). The molecule has 1 aliphatic rings. The molecule has 1 aromatic carbocycles. The number of sulfonamides is 1. The Morgan fingerprint density at radius 3 is 2.52 bits per heavy atom. The third-order valence-electron chi connectivity index (χ3n) is 3.80. The normalized spacial score (nSPS) is 23.1. The van der Waals surface area contributed by atoms with E-state index in [0.29, 0.717) is 17.8 Å². The lowest BCUT2D eigenvalue weighted by Gasteiger charge is -2.16. The van der Waals surface area contributed by atoms with Gasteiger partial charge >= 0.3 is 5.97 Å². The Kier molecular flexibility index (Phi) is 4.53. The SMILES string of the molecule is COC(=O)C1CN(S(=O)(=O)Cc2ccc(N)cc2)CC1C. The van der Waals surface area contributed by atoms with Crippen molar-refractivity contribution in [3.8, 4) is 0 Å². The second kappa shape index (κ2) is 6.03. The van der Waals surface area contributed by atoms with Gasteiger partial charge in [0.2, 0.25) is 10.0 Å². The number of nitrogen functional groups attached to an aromatic ring is 1. The van der Waals surface area contributed by atoms with Crippen LogP contribution in [-0.4, -0.2) is 38.9 Å². The summed E-state index contributed by atoms with van der Waals surface area (Å²) in [6.45, 7) is 2.39. The molecule has 2 N–H and O–H groups in total. The first-order valence-corrected chi connectivity index (χ1v) is 8.34. The molecule has 0 amide bonds. The highest BCUT2D eigenvalue weighted by Gasteiger charge is 2.40. The number of methoxy groups -OCH3 is 1. The molecule has 1 aliphatic heterocycles. The second-order valence-corrected chi connectivity index (χ2v) is 7.39. The predicted octanol–water partition coefficient (Wildman–Crippen LogP) is 0.839. The van der Waals surface area contributed by atoms with Crippen LogP contribution in [0.5, 0.6) is 0 Å². The molecule has 0 aliphatic carbocycles. The quantitative estimate of drug-likeness (QED) is 0.657. The summed E-state index contributed by atoms with van der Waals surface area (Å²) in [5, 5.41) is 0. The fourth-order valence-corrected chi connectivity index (χ4v) is 4.17. The number of esters is 1. The highest BCUT2D eigenvalue weighted by Crippen LogP contribution is 2.27. The van der Waals surface area contributed by atoms with Gasteiger partial charge in [-0.3, -0.25) is 4.79 Å². The molecule has 2 atom stereocenters. The molecular weight excluding hydrogens is 292 g/mol. The van der Waals surface area contributed by atoms with E-state index in [-0.39, 0.29) is 24.2 Å². The van der Waals surface area contributed by atoms with E-state index in [1.54, 1.807) is 24.3 Å². The number of nitrogens with zero attached hydrogens (tertiary/aromatic N) is 1. The van der Waals surface area contributed by atoms with Crippen LogP contribution in [0.3, 0.4) is 0 Å². The Morgan fingerprint density at radius 2 is 1.95 bits per heavy atom. The first-order valence-electron chi connectivity index (χ1n) is 6.73. The number of anilines is 1. The number of hydrogen-bond donors (Lipinski definition) is 1. The van der Waals surface area contributed by atoms with E-state index < -0.39 is 15.9 Å². The standard InChI is InChI=1S/C14H20N2O4S/c1-10-7-16(8-13(10)14(17)20-2)21(18,19)9-11-3-5-12(15)6-4-11/h3-6,10,13H,7-9,15H2,1-2H3. The highest BCUT2D eigenvalue weighted by atomic mass is 32.2. The molecule has 7 heteroatoms. The maximum Gasteiger partial charge on any atom is 0.310 e. The van der Waals surface area contributed by atoms with Crippen molar-refractivity contribution in [1.82, 2.24) is 4.31 Å². The first-order chi connectivity index (χ1) is 9.83. The number of carbonyl (C=O) groups excluding carboxylic acids is 1. The van der Waals surface area contributed by atoms with E-state index in [0.717, 1.165) is 0 Å². The smallest absolute Gasteiger partial charge is 0.310 e. The number of nitrogens with two attached hydrogens (primary N) is 1. The van der Waals surface area contributed by atoms with Gasteiger partial charge in [-0.1, -0.05) is 19.1 Å². The van der Waals surface area contributed by atoms with Gasteiger partial charge in [0.05, 0.1) is 18.8 Å². The van der Waals surface area contributed by atoms with Crippen molar-refractivity contribution < 1.29 is 17.9 Å². The second-order valence-electron chi connectivity index (χ2n) is 5.42. The van der Waals surface area contributed by atoms with Crippen molar-refractivity contribution in [2.24, 2.45) is 11.8 Å². The van der Waals surface area contributed by atoms with E-state index in [9.17, 15) is 13.2 Å². The Balaban J connectivity index is 2.10. The molecule has 1 aromatic rings. The van der Waals surface area contributed by atoms with E-state index >= 15 is 0 Å². The number of rotatable bonds is 4. The molecule has 1 saturated heterocycles. The molecule has 0 saturated carbocycles. The zero-order valence-electron chi connectivity index (χ0n) is 12.2. The van der Waals surface area contributed by atoms with Gasteiger partial charge in [-0.2, -0.15) is 0 Å². The molecule has 116 valence electrons. The van der Waals surface area contributed by atoms with Crippen LogP contribution in [0.1, 0.15) is 12.5 Å². The first kappa shape index (κ1) is 15.8. The van der Waals surface area contributed by atoms with E-state index in [1.807, 2.05) is 6.92 Å². The summed E-state index contributed by atoms with van der Waals surface area (Å²) in [6, 6.07) is 6.75. The molecule has 0 radical (unpaired) electrons. The topological polar surface area (TPSA) is 89.7 Å². The highest BCUT2D eigenvalue weighted by molar-refractivity contribution is 7.88. The summed E-state index contributed by atoms with van der Waals surface area (Å²) in [6.07, 6.45) is 0. The van der Waals surface area contributed by atoms with Crippen molar-refractivity contribution in [2.45, 2.75) is 12.7 Å². The van der Waals surface area contributed by atoms with Crippen LogP contribution in [0.4, 0.5) is 5.69 Å². The number of benzene rings is 1. The van der Waals surface area contributed by atoms with E-state index in [1.165, 1.54) is 11.4 Å². The molecule has 2 unspecified atom stereocenters.